The van der Waals surface area contributed by atoms with Crippen molar-refractivity contribution in [3.8, 4) is 34.0 Å². The Bertz CT molecular complexity index is 4800. The van der Waals surface area contributed by atoms with Crippen molar-refractivity contribution in [1.82, 2.24) is 23.5 Å². The fraction of sp³-hybridized carbons (Fsp3) is 0. The summed E-state index contributed by atoms with van der Waals surface area (Å²) in [6.45, 7) is 0. The Labute approximate surface area is 391 Å². The molecule has 0 bridgehead atoms. The Morgan fingerprint density at radius 2 is 0.912 bits per heavy atom. The maximum atomic E-state index is 5.67. The van der Waals surface area contributed by atoms with Gasteiger partial charge < -0.3 is 8.97 Å². The molecule has 0 spiro atoms. The number of fused-ring (bicyclic) bond motifs is 17. The van der Waals surface area contributed by atoms with Crippen LogP contribution >= 0.6 is 11.3 Å². The van der Waals surface area contributed by atoms with Crippen molar-refractivity contribution in [3.63, 3.8) is 0 Å². The van der Waals surface area contributed by atoms with Crippen LogP contribution in [0.4, 0.5) is 0 Å². The van der Waals surface area contributed by atoms with Crippen molar-refractivity contribution < 1.29 is 0 Å². The summed E-state index contributed by atoms with van der Waals surface area (Å²) >= 11 is 1.78. The lowest BCUT2D eigenvalue weighted by Crippen LogP contribution is -2.02. The molecule has 16 rings (SSSR count). The van der Waals surface area contributed by atoms with Crippen LogP contribution < -0.4 is 0 Å². The molecule has 314 valence electrons. The SMILES string of the molecule is c1ccc(-n2c3ccccc3c3cc(-c4nc(-n5c6ccccc6c6cc(-c7ccc8c9cccc%10c%11ccccc%11n(c8c7)c%109)ccc65)nc5c4sc4ccc6ccccc6c45)ccc32)cc1. The molecule has 10 aromatic carbocycles. The third kappa shape index (κ3) is 4.83. The molecule has 6 heterocycles. The van der Waals surface area contributed by atoms with Gasteiger partial charge in [-0.1, -0.05) is 146 Å². The third-order valence-electron chi connectivity index (χ3n) is 14.6. The number of aromatic nitrogens is 5. The Morgan fingerprint density at radius 3 is 1.69 bits per heavy atom. The fourth-order valence-electron chi connectivity index (χ4n) is 11.6. The zero-order valence-corrected chi connectivity index (χ0v) is 37.2. The first-order valence-corrected chi connectivity index (χ1v) is 24.0. The van der Waals surface area contributed by atoms with Gasteiger partial charge in [-0.2, -0.15) is 0 Å². The first kappa shape index (κ1) is 36.4. The van der Waals surface area contributed by atoms with Crippen molar-refractivity contribution in [2.24, 2.45) is 0 Å². The summed E-state index contributed by atoms with van der Waals surface area (Å²) in [7, 11) is 0. The second-order valence-electron chi connectivity index (χ2n) is 18.1. The van der Waals surface area contributed by atoms with Gasteiger partial charge in [-0.3, -0.25) is 4.57 Å². The lowest BCUT2D eigenvalue weighted by atomic mass is 10.0. The van der Waals surface area contributed by atoms with E-state index in [0.717, 1.165) is 54.5 Å². The summed E-state index contributed by atoms with van der Waals surface area (Å²) in [5.74, 6) is 0.657. The van der Waals surface area contributed by atoms with Crippen LogP contribution in [0.25, 0.3) is 147 Å². The molecule has 0 aliphatic carbocycles. The van der Waals surface area contributed by atoms with E-state index in [9.17, 15) is 0 Å². The van der Waals surface area contributed by atoms with Crippen molar-refractivity contribution in [1.29, 1.82) is 0 Å². The van der Waals surface area contributed by atoms with E-state index in [1.807, 2.05) is 0 Å². The van der Waals surface area contributed by atoms with Gasteiger partial charge in [0.2, 0.25) is 5.95 Å². The maximum absolute atomic E-state index is 5.67. The Balaban J connectivity index is 0.943. The average Bonchev–Trinajstić information content (AvgIpc) is 4.20. The standard InChI is InChI=1S/C62H35N5S/c1-2-14-40(15-3-1)65-50-22-9-7-18-43(50)49-34-39(27-31-53(49)65)58-61-59(57-41-16-5-4-13-36(41)28-32-56(57)68-61)64-62(63-58)67-52-24-11-8-19-44(52)48-33-37(26-30-54(48)67)38-25-29-45-47-21-12-20-46-42-17-6-10-23-51(42)66(60(46)47)55(45)35-38/h1-35H. The Morgan fingerprint density at radius 1 is 0.353 bits per heavy atom. The van der Waals surface area contributed by atoms with E-state index in [1.165, 1.54) is 86.4 Å². The number of benzene rings is 10. The fourth-order valence-corrected chi connectivity index (χ4v) is 12.8. The van der Waals surface area contributed by atoms with Crippen LogP contribution in [0.5, 0.6) is 0 Å². The van der Waals surface area contributed by atoms with Crippen molar-refractivity contribution >= 4 is 124 Å². The average molecular weight is 882 g/mol. The quantitative estimate of drug-likeness (QED) is 0.177. The highest BCUT2D eigenvalue weighted by Gasteiger charge is 2.23. The topological polar surface area (TPSA) is 40.0 Å². The van der Waals surface area contributed by atoms with Gasteiger partial charge in [0.15, 0.2) is 0 Å². The number of thiophene rings is 1. The molecule has 0 radical (unpaired) electrons. The highest BCUT2D eigenvalue weighted by molar-refractivity contribution is 7.26. The molecule has 0 amide bonds. The van der Waals surface area contributed by atoms with E-state index in [2.05, 4.69) is 226 Å². The lowest BCUT2D eigenvalue weighted by Gasteiger charge is -2.11. The summed E-state index contributed by atoms with van der Waals surface area (Å²) in [5, 5.41) is 13.5. The minimum Gasteiger partial charge on any atom is -0.309 e. The molecule has 0 atom stereocenters. The normalized spacial score (nSPS) is 12.4. The van der Waals surface area contributed by atoms with Gasteiger partial charge in [-0.05, 0) is 88.6 Å². The first-order valence-electron chi connectivity index (χ1n) is 23.2. The molecule has 5 nitrogen and oxygen atoms in total. The number of para-hydroxylation sites is 5. The lowest BCUT2D eigenvalue weighted by molar-refractivity contribution is 1.02. The largest absolute Gasteiger partial charge is 0.309 e. The summed E-state index contributed by atoms with van der Waals surface area (Å²) in [6.07, 6.45) is 0. The van der Waals surface area contributed by atoms with E-state index >= 15 is 0 Å². The Hall–Kier alpha value is -8.84. The smallest absolute Gasteiger partial charge is 0.235 e. The van der Waals surface area contributed by atoms with Gasteiger partial charge in [0.25, 0.3) is 0 Å². The van der Waals surface area contributed by atoms with E-state index in [4.69, 9.17) is 9.97 Å². The molecule has 6 heteroatoms. The molecule has 0 N–H and O–H groups in total. The molecule has 0 saturated carbocycles. The molecule has 6 aromatic heterocycles. The first-order chi connectivity index (χ1) is 33.7. The third-order valence-corrected chi connectivity index (χ3v) is 15.7. The maximum Gasteiger partial charge on any atom is 0.235 e. The molecule has 0 aliphatic heterocycles. The molecular formula is C62H35N5S. The highest BCUT2D eigenvalue weighted by Crippen LogP contribution is 2.45. The van der Waals surface area contributed by atoms with Gasteiger partial charge >= 0.3 is 0 Å². The van der Waals surface area contributed by atoms with Gasteiger partial charge in [-0.15, -0.1) is 11.3 Å². The monoisotopic (exact) mass is 881 g/mol. The van der Waals surface area contributed by atoms with Crippen LogP contribution in [0.15, 0.2) is 212 Å². The Kier molecular flexibility index (Phi) is 7.16. The number of hydrogen-bond donors (Lipinski definition) is 0. The van der Waals surface area contributed by atoms with Gasteiger partial charge in [0.05, 0.1) is 54.5 Å². The molecular weight excluding hydrogens is 847 g/mol. The van der Waals surface area contributed by atoms with Crippen LogP contribution in [0.3, 0.4) is 0 Å². The zero-order chi connectivity index (χ0) is 44.2. The molecule has 16 aromatic rings. The van der Waals surface area contributed by atoms with Crippen molar-refractivity contribution in [3.05, 3.63) is 212 Å². The van der Waals surface area contributed by atoms with Crippen LogP contribution in [-0.2, 0) is 0 Å². The van der Waals surface area contributed by atoms with Crippen LogP contribution in [0.2, 0.25) is 0 Å². The highest BCUT2D eigenvalue weighted by atomic mass is 32.1. The second-order valence-corrected chi connectivity index (χ2v) is 19.2. The van der Waals surface area contributed by atoms with E-state index in [0.29, 0.717) is 5.95 Å². The minimum atomic E-state index is 0.657. The second kappa shape index (κ2) is 13.4. The van der Waals surface area contributed by atoms with Crippen LogP contribution in [0.1, 0.15) is 0 Å². The van der Waals surface area contributed by atoms with E-state index in [1.54, 1.807) is 11.3 Å². The summed E-state index contributed by atoms with van der Waals surface area (Å²) in [5.41, 5.74) is 14.7. The molecule has 0 saturated heterocycles. The number of rotatable bonds is 4. The predicted molar refractivity (Wildman–Crippen MR) is 287 cm³/mol. The summed E-state index contributed by atoms with van der Waals surface area (Å²) in [6, 6.07) is 77.5. The van der Waals surface area contributed by atoms with Crippen molar-refractivity contribution in [2.45, 2.75) is 0 Å². The number of nitrogens with zero attached hydrogens (tertiary/aromatic N) is 5. The van der Waals surface area contributed by atoms with Crippen molar-refractivity contribution in [2.75, 3.05) is 0 Å². The minimum absolute atomic E-state index is 0.657. The van der Waals surface area contributed by atoms with E-state index in [-0.39, 0.29) is 0 Å². The molecule has 68 heavy (non-hydrogen) atoms. The van der Waals surface area contributed by atoms with Gasteiger partial charge in [-0.25, -0.2) is 9.97 Å². The van der Waals surface area contributed by atoms with Gasteiger partial charge in [0.1, 0.15) is 0 Å². The van der Waals surface area contributed by atoms with E-state index < -0.39 is 0 Å². The predicted octanol–water partition coefficient (Wildman–Crippen LogP) is 16.7. The molecule has 0 unspecified atom stereocenters. The molecule has 0 aliphatic rings. The van der Waals surface area contributed by atoms with Gasteiger partial charge in [0, 0.05) is 64.4 Å². The summed E-state index contributed by atoms with van der Waals surface area (Å²) < 4.78 is 9.40. The zero-order valence-electron chi connectivity index (χ0n) is 36.4. The summed E-state index contributed by atoms with van der Waals surface area (Å²) in [4.78, 5) is 11.3. The van der Waals surface area contributed by atoms with Crippen LogP contribution in [0, 0.1) is 0 Å². The number of hydrogen-bond acceptors (Lipinski definition) is 3. The van der Waals surface area contributed by atoms with Crippen LogP contribution in [-0.4, -0.2) is 23.5 Å². The molecule has 0 fully saturated rings.